The van der Waals surface area contributed by atoms with Gasteiger partial charge in [0, 0.05) is 0 Å². The molecule has 0 saturated heterocycles. The third kappa shape index (κ3) is 63.6. The standard InChI is InChI=1S/2C10H8.C6H6.C2H6O3S.11C2H6/c2*1-2-6-10-8-4-3-7-9(10)5-1;1-2-4-6-5-3-1;1-5-6(2,3)4;11*1-2/h2*1-8H;1-6H;1-2H3;11*1-2H3. The molecule has 54 heavy (non-hydrogen) atoms. The first-order chi connectivity index (χ1) is 26.5. The van der Waals surface area contributed by atoms with Gasteiger partial charge < -0.3 is 0 Å². The second kappa shape index (κ2) is 82.8. The Labute approximate surface area is 342 Å². The molecule has 0 N–H and O–H groups in total. The van der Waals surface area contributed by atoms with Crippen LogP contribution < -0.4 is 0 Å². The van der Waals surface area contributed by atoms with Crippen molar-refractivity contribution in [1.29, 1.82) is 0 Å². The highest BCUT2D eigenvalue weighted by molar-refractivity contribution is 7.85. The van der Waals surface area contributed by atoms with E-state index in [9.17, 15) is 8.42 Å². The Bertz CT molecular complexity index is 1060. The zero-order valence-corrected chi connectivity index (χ0v) is 41.2. The lowest BCUT2D eigenvalue weighted by molar-refractivity contribution is 0.403. The van der Waals surface area contributed by atoms with E-state index in [4.69, 9.17) is 0 Å². The maximum atomic E-state index is 9.78. The number of fused-ring (bicyclic) bond motifs is 2. The summed E-state index contributed by atoms with van der Waals surface area (Å²) in [6, 6.07) is 45.4. The molecular formula is C50H94O3S. The Hall–Kier alpha value is -3.47. The van der Waals surface area contributed by atoms with Gasteiger partial charge >= 0.3 is 0 Å². The van der Waals surface area contributed by atoms with Gasteiger partial charge in [-0.2, -0.15) is 8.42 Å². The number of hydrogen-bond donors (Lipinski definition) is 0. The van der Waals surface area contributed by atoms with E-state index in [1.807, 2.05) is 189 Å². The molecule has 5 aromatic carbocycles. The summed E-state index contributed by atoms with van der Waals surface area (Å²) in [5, 5.41) is 5.24. The molecule has 5 aromatic rings. The fraction of sp³-hybridized carbons (Fsp3) is 0.480. The molecule has 3 nitrogen and oxygen atoms in total. The predicted molar refractivity (Wildman–Crippen MR) is 261 cm³/mol. The van der Waals surface area contributed by atoms with Crippen LogP contribution in [0.4, 0.5) is 0 Å². The molecule has 0 saturated carbocycles. The van der Waals surface area contributed by atoms with Crippen LogP contribution in [0.15, 0.2) is 133 Å². The molecule has 4 heteroatoms. The fourth-order valence-corrected chi connectivity index (χ4v) is 2.65. The summed E-state index contributed by atoms with van der Waals surface area (Å²) in [6.07, 6.45) is 0.993. The Morgan fingerprint density at radius 2 is 0.370 bits per heavy atom. The van der Waals surface area contributed by atoms with Crippen LogP contribution in [-0.4, -0.2) is 21.8 Å². The predicted octanol–water partition coefficient (Wildman–Crippen LogP) is 18.2. The van der Waals surface area contributed by atoms with Crippen LogP contribution in [0.25, 0.3) is 21.5 Å². The molecule has 0 unspecified atom stereocenters. The molecule has 0 spiro atoms. The number of rotatable bonds is 1. The van der Waals surface area contributed by atoms with Gasteiger partial charge in [-0.1, -0.05) is 286 Å². The molecule has 0 aliphatic rings. The Morgan fingerprint density at radius 1 is 0.278 bits per heavy atom. The summed E-state index contributed by atoms with van der Waals surface area (Å²) in [4.78, 5) is 0. The molecule has 0 aromatic heterocycles. The molecule has 0 radical (unpaired) electrons. The summed E-state index contributed by atoms with van der Waals surface area (Å²) in [6.45, 7) is 44.0. The highest BCUT2D eigenvalue weighted by Crippen LogP contribution is 2.12. The van der Waals surface area contributed by atoms with E-state index in [0.717, 1.165) is 13.4 Å². The van der Waals surface area contributed by atoms with Gasteiger partial charge in [-0.25, -0.2) is 0 Å². The monoisotopic (exact) mass is 775 g/mol. The van der Waals surface area contributed by atoms with Gasteiger partial charge in [-0.3, -0.25) is 4.18 Å². The molecule has 0 heterocycles. The van der Waals surface area contributed by atoms with Crippen molar-refractivity contribution in [3.63, 3.8) is 0 Å². The molecular weight excluding hydrogens is 681 g/mol. The molecule has 318 valence electrons. The first kappa shape index (κ1) is 75.5. The maximum Gasteiger partial charge on any atom is 0.264 e. The second-order valence-corrected chi connectivity index (χ2v) is 8.46. The van der Waals surface area contributed by atoms with Crippen LogP contribution in [-0.2, 0) is 14.3 Å². The molecule has 0 fully saturated rings. The van der Waals surface area contributed by atoms with Gasteiger partial charge in [0.1, 0.15) is 0 Å². The van der Waals surface area contributed by atoms with E-state index in [1.54, 1.807) is 0 Å². The lowest BCUT2D eigenvalue weighted by Crippen LogP contribution is -1.95. The second-order valence-electron chi connectivity index (χ2n) is 6.72. The van der Waals surface area contributed by atoms with Crippen LogP contribution in [0.1, 0.15) is 152 Å². The number of hydrogen-bond acceptors (Lipinski definition) is 3. The average Bonchev–Trinajstić information content (AvgIpc) is 3.32. The lowest BCUT2D eigenvalue weighted by atomic mass is 10.1. The van der Waals surface area contributed by atoms with E-state index in [0.29, 0.717) is 0 Å². The zero-order chi connectivity index (χ0) is 45.1. The van der Waals surface area contributed by atoms with E-state index < -0.39 is 10.1 Å². The average molecular weight is 775 g/mol. The molecule has 5 rings (SSSR count). The summed E-state index contributed by atoms with van der Waals surface area (Å²) >= 11 is 0. The van der Waals surface area contributed by atoms with E-state index in [2.05, 4.69) is 101 Å². The minimum absolute atomic E-state index is 0.993. The topological polar surface area (TPSA) is 43.4 Å². The quantitative estimate of drug-likeness (QED) is 0.159. The van der Waals surface area contributed by atoms with Gasteiger partial charge in [-0.05, 0) is 21.5 Å². The van der Waals surface area contributed by atoms with Crippen LogP contribution in [0, 0.1) is 0 Å². The van der Waals surface area contributed by atoms with Crippen LogP contribution in [0.5, 0.6) is 0 Å². The normalized spacial score (nSPS) is 7.11. The first-order valence-corrected chi connectivity index (χ1v) is 22.9. The summed E-state index contributed by atoms with van der Waals surface area (Å²) in [5.41, 5.74) is 0. The third-order valence-corrected chi connectivity index (χ3v) is 4.89. The van der Waals surface area contributed by atoms with Gasteiger partial charge in [0.25, 0.3) is 10.1 Å². The minimum Gasteiger partial charge on any atom is -0.274 e. The number of benzene rings is 5. The van der Waals surface area contributed by atoms with E-state index in [1.165, 1.54) is 21.5 Å². The van der Waals surface area contributed by atoms with Crippen molar-refractivity contribution in [3.8, 4) is 0 Å². The van der Waals surface area contributed by atoms with Crippen molar-refractivity contribution in [2.24, 2.45) is 0 Å². The van der Waals surface area contributed by atoms with Gasteiger partial charge in [0.15, 0.2) is 0 Å². The molecule has 0 bridgehead atoms. The Balaban J connectivity index is -0.0000000517. The van der Waals surface area contributed by atoms with Crippen molar-refractivity contribution in [2.75, 3.05) is 13.4 Å². The van der Waals surface area contributed by atoms with E-state index >= 15 is 0 Å². The summed E-state index contributed by atoms with van der Waals surface area (Å²) < 4.78 is 23.5. The first-order valence-electron chi connectivity index (χ1n) is 21.1. The van der Waals surface area contributed by atoms with Gasteiger partial charge in [0.2, 0.25) is 0 Å². The zero-order valence-electron chi connectivity index (χ0n) is 40.3. The van der Waals surface area contributed by atoms with Crippen molar-refractivity contribution in [1.82, 2.24) is 0 Å². The molecule has 0 aliphatic heterocycles. The van der Waals surface area contributed by atoms with Crippen LogP contribution in [0.3, 0.4) is 0 Å². The van der Waals surface area contributed by atoms with Gasteiger partial charge in [-0.15, -0.1) is 0 Å². The van der Waals surface area contributed by atoms with Crippen molar-refractivity contribution >= 4 is 31.7 Å². The highest BCUT2D eigenvalue weighted by Gasteiger charge is 1.90. The summed E-state index contributed by atoms with van der Waals surface area (Å²) in [5.74, 6) is 0. The SMILES string of the molecule is CC.CC.CC.CC.CC.CC.CC.CC.CC.CC.CC.COS(C)(=O)=O.c1ccc2ccccc2c1.c1ccc2ccccc2c1.c1ccccc1. The highest BCUT2D eigenvalue weighted by atomic mass is 32.2. The smallest absolute Gasteiger partial charge is 0.264 e. The largest absolute Gasteiger partial charge is 0.274 e. The molecule has 0 atom stereocenters. The Morgan fingerprint density at radius 3 is 0.444 bits per heavy atom. The minimum atomic E-state index is -3.16. The van der Waals surface area contributed by atoms with E-state index in [-0.39, 0.29) is 0 Å². The third-order valence-electron chi connectivity index (χ3n) is 4.29. The lowest BCUT2D eigenvalue weighted by Gasteiger charge is -1.92. The fourth-order valence-electron chi connectivity index (χ4n) is 2.65. The molecule has 0 aliphatic carbocycles. The van der Waals surface area contributed by atoms with Crippen molar-refractivity contribution < 1.29 is 12.6 Å². The van der Waals surface area contributed by atoms with Crippen molar-refractivity contribution in [3.05, 3.63) is 133 Å². The van der Waals surface area contributed by atoms with Crippen LogP contribution >= 0.6 is 0 Å². The van der Waals surface area contributed by atoms with Gasteiger partial charge in [0.05, 0.1) is 13.4 Å². The maximum absolute atomic E-state index is 9.78. The van der Waals surface area contributed by atoms with Crippen molar-refractivity contribution in [2.45, 2.75) is 152 Å². The summed E-state index contributed by atoms with van der Waals surface area (Å²) in [7, 11) is -2.04. The Kier molecular flexibility index (Phi) is 116. The molecule has 0 amide bonds. The van der Waals surface area contributed by atoms with Crippen LogP contribution in [0.2, 0.25) is 0 Å².